The highest BCUT2D eigenvalue weighted by Gasteiger charge is 2.44. The molecule has 6 heteroatoms. The lowest BCUT2D eigenvalue weighted by atomic mass is 9.33. The summed E-state index contributed by atoms with van der Waals surface area (Å²) < 4.78 is 13.2. The standard InChI is InChI=1S/C65H50BN3O2/c1-41-36-58-63-59(37-41)69(48-31-33-52-50-20-11-13-24-60(50)70-62(52)40-48)56-38-43(65(2,3)4)28-34-54(56)66(63)55-35-32-47(67(44-16-7-5-8-17-44)45-18-9-6-10-19-45)39-57(55)68(58)46-29-26-42(27-30-46)49-22-15-23-53-51-21-12-14-25-61(51)71-64(49)53/h5-14,16-22,24-40H,15,23H2,1-4H3. The fraction of sp³-hybridized carbons (Fsp3) is 0.108. The second-order valence-corrected chi connectivity index (χ2v) is 20.5. The molecule has 3 aliphatic rings. The maximum Gasteiger partial charge on any atom is 0.252 e. The number of hydrogen-bond donors (Lipinski definition) is 0. The summed E-state index contributed by atoms with van der Waals surface area (Å²) in [5.41, 5.74) is 22.7. The summed E-state index contributed by atoms with van der Waals surface area (Å²) in [6.45, 7) is 9.13. The van der Waals surface area contributed by atoms with Gasteiger partial charge in [0, 0.05) is 84.5 Å². The van der Waals surface area contributed by atoms with E-state index in [1.54, 1.807) is 0 Å². The highest BCUT2D eigenvalue weighted by Crippen LogP contribution is 2.48. The third-order valence-corrected chi connectivity index (χ3v) is 15.1. The van der Waals surface area contributed by atoms with Crippen molar-refractivity contribution < 1.29 is 8.83 Å². The minimum atomic E-state index is -0.0677. The summed E-state index contributed by atoms with van der Waals surface area (Å²) in [5, 5.41) is 3.46. The second-order valence-electron chi connectivity index (χ2n) is 20.5. The van der Waals surface area contributed by atoms with Gasteiger partial charge in [-0.1, -0.05) is 130 Å². The van der Waals surface area contributed by atoms with Gasteiger partial charge in [0.25, 0.3) is 6.71 Å². The highest BCUT2D eigenvalue weighted by molar-refractivity contribution is 7.00. The van der Waals surface area contributed by atoms with E-state index in [4.69, 9.17) is 8.83 Å². The number of aryl methyl sites for hydroxylation is 2. The number of para-hydroxylation sites is 4. The molecule has 0 saturated heterocycles. The Kier molecular flexibility index (Phi) is 9.22. The van der Waals surface area contributed by atoms with Gasteiger partial charge in [0.1, 0.15) is 22.5 Å². The average Bonchev–Trinajstić information content (AvgIpc) is 3.97. The largest absolute Gasteiger partial charge is 0.456 e. The Morgan fingerprint density at radius 2 is 1.08 bits per heavy atom. The fourth-order valence-electron chi connectivity index (χ4n) is 11.8. The van der Waals surface area contributed by atoms with Crippen LogP contribution in [0.2, 0.25) is 0 Å². The molecule has 4 heterocycles. The molecule has 0 atom stereocenters. The number of nitrogens with zero attached hydrogens (tertiary/aromatic N) is 3. The number of allylic oxidation sites excluding steroid dienone is 1. The van der Waals surface area contributed by atoms with Crippen molar-refractivity contribution in [3.8, 4) is 0 Å². The zero-order valence-electron chi connectivity index (χ0n) is 40.3. The molecular formula is C65H50BN3O2. The topological polar surface area (TPSA) is 36.0 Å². The molecule has 5 nitrogen and oxygen atoms in total. The van der Waals surface area contributed by atoms with Gasteiger partial charge in [-0.25, -0.2) is 0 Å². The summed E-state index contributed by atoms with van der Waals surface area (Å²) in [5.74, 6) is 0.991. The van der Waals surface area contributed by atoms with Gasteiger partial charge < -0.3 is 23.5 Å². The van der Waals surface area contributed by atoms with Gasteiger partial charge in [0.15, 0.2) is 0 Å². The molecule has 0 fully saturated rings. The summed E-state index contributed by atoms with van der Waals surface area (Å²) in [6, 6.07) is 73.4. The van der Waals surface area contributed by atoms with Crippen molar-refractivity contribution in [2.75, 3.05) is 14.7 Å². The molecule has 0 unspecified atom stereocenters. The predicted molar refractivity (Wildman–Crippen MR) is 297 cm³/mol. The number of benzene rings is 9. The zero-order valence-corrected chi connectivity index (χ0v) is 40.3. The van der Waals surface area contributed by atoms with Crippen molar-refractivity contribution in [1.29, 1.82) is 0 Å². The predicted octanol–water partition coefficient (Wildman–Crippen LogP) is 15.9. The van der Waals surface area contributed by atoms with E-state index < -0.39 is 0 Å². The van der Waals surface area contributed by atoms with Gasteiger partial charge in [-0.15, -0.1) is 0 Å². The van der Waals surface area contributed by atoms with Crippen molar-refractivity contribution in [2.45, 2.75) is 46.0 Å². The number of furan rings is 2. The van der Waals surface area contributed by atoms with Crippen LogP contribution in [0.1, 0.15) is 55.2 Å². The minimum Gasteiger partial charge on any atom is -0.456 e. The second kappa shape index (κ2) is 15.8. The van der Waals surface area contributed by atoms with Crippen molar-refractivity contribution >= 4 is 113 Å². The number of anilines is 9. The lowest BCUT2D eigenvalue weighted by Crippen LogP contribution is -2.61. The number of fused-ring (bicyclic) bond motifs is 10. The Morgan fingerprint density at radius 1 is 0.493 bits per heavy atom. The Hall–Kier alpha value is -8.48. The van der Waals surface area contributed by atoms with Crippen LogP contribution in [0, 0.1) is 6.92 Å². The summed E-state index contributed by atoms with van der Waals surface area (Å²) in [6.07, 6.45) is 4.31. The monoisotopic (exact) mass is 915 g/mol. The van der Waals surface area contributed by atoms with Crippen molar-refractivity contribution in [2.24, 2.45) is 0 Å². The molecular weight excluding hydrogens is 866 g/mol. The van der Waals surface area contributed by atoms with Crippen molar-refractivity contribution in [3.63, 3.8) is 0 Å². The number of rotatable bonds is 6. The molecule has 0 amide bonds. The Bertz CT molecular complexity index is 3920. The number of hydrogen-bond acceptors (Lipinski definition) is 5. The normalized spacial score (nSPS) is 13.8. The first-order chi connectivity index (χ1) is 34.7. The lowest BCUT2D eigenvalue weighted by molar-refractivity contribution is 0.590. The first kappa shape index (κ1) is 41.5. The van der Waals surface area contributed by atoms with Crippen LogP contribution in [0.5, 0.6) is 0 Å². The average molecular weight is 916 g/mol. The zero-order chi connectivity index (χ0) is 47.5. The summed E-state index contributed by atoms with van der Waals surface area (Å²) >= 11 is 0. The van der Waals surface area contributed by atoms with Gasteiger partial charge in [0.2, 0.25) is 0 Å². The lowest BCUT2D eigenvalue weighted by Gasteiger charge is -2.45. The highest BCUT2D eigenvalue weighted by atomic mass is 16.3. The van der Waals surface area contributed by atoms with Crippen molar-refractivity contribution in [3.05, 3.63) is 234 Å². The Balaban J connectivity index is 1.00. The van der Waals surface area contributed by atoms with Gasteiger partial charge in [-0.2, -0.15) is 0 Å². The molecule has 0 N–H and O–H groups in total. The maximum atomic E-state index is 6.61. The minimum absolute atomic E-state index is 0.0452. The van der Waals surface area contributed by atoms with E-state index >= 15 is 0 Å². The van der Waals surface area contributed by atoms with E-state index in [1.165, 1.54) is 55.5 Å². The molecule has 9 aromatic carbocycles. The first-order valence-corrected chi connectivity index (χ1v) is 24.9. The van der Waals surface area contributed by atoms with Crippen LogP contribution in [0.4, 0.5) is 51.2 Å². The first-order valence-electron chi connectivity index (χ1n) is 24.9. The third kappa shape index (κ3) is 6.54. The molecule has 0 bridgehead atoms. The molecule has 0 radical (unpaired) electrons. The van der Waals surface area contributed by atoms with E-state index in [1.807, 2.05) is 6.07 Å². The fourth-order valence-corrected chi connectivity index (χ4v) is 11.8. The van der Waals surface area contributed by atoms with Crippen LogP contribution in [-0.2, 0) is 11.8 Å². The SMILES string of the molecule is Cc1cc2c3c(c1)N(c1ccc4c(c1)oc1ccccc14)c1cc(C(C)(C)C)ccc1B3c1ccc(N(c3ccccc3)c3ccccc3)cc1N2c1ccc(C2=CCCc3c2oc2ccccc32)cc1. The molecule has 2 aromatic heterocycles. The Morgan fingerprint density at radius 3 is 1.79 bits per heavy atom. The van der Waals surface area contributed by atoms with E-state index in [9.17, 15) is 0 Å². The van der Waals surface area contributed by atoms with Gasteiger partial charge in [-0.05, 0) is 149 Å². The van der Waals surface area contributed by atoms with Crippen LogP contribution >= 0.6 is 0 Å². The molecule has 14 rings (SSSR count). The quantitative estimate of drug-likeness (QED) is 0.155. The van der Waals surface area contributed by atoms with E-state index in [-0.39, 0.29) is 12.1 Å². The van der Waals surface area contributed by atoms with Crippen LogP contribution in [0.3, 0.4) is 0 Å². The van der Waals surface area contributed by atoms with Crippen molar-refractivity contribution in [1.82, 2.24) is 0 Å². The molecule has 2 aliphatic heterocycles. The molecule has 71 heavy (non-hydrogen) atoms. The van der Waals surface area contributed by atoms with E-state index in [0.29, 0.717) is 0 Å². The Labute approximate surface area is 414 Å². The van der Waals surface area contributed by atoms with Crippen LogP contribution in [0.25, 0.3) is 38.5 Å². The van der Waals surface area contributed by atoms with Gasteiger partial charge in [0.05, 0.1) is 0 Å². The van der Waals surface area contributed by atoms with Crippen LogP contribution < -0.4 is 31.1 Å². The maximum absolute atomic E-state index is 6.61. The molecule has 340 valence electrons. The van der Waals surface area contributed by atoms with Crippen LogP contribution in [0.15, 0.2) is 215 Å². The summed E-state index contributed by atoms with van der Waals surface area (Å²) in [7, 11) is 0. The molecule has 0 spiro atoms. The van der Waals surface area contributed by atoms with E-state index in [0.717, 1.165) is 91.4 Å². The van der Waals surface area contributed by atoms with E-state index in [2.05, 4.69) is 243 Å². The summed E-state index contributed by atoms with van der Waals surface area (Å²) in [4.78, 5) is 7.41. The van der Waals surface area contributed by atoms with Gasteiger partial charge >= 0.3 is 0 Å². The third-order valence-electron chi connectivity index (χ3n) is 15.1. The molecule has 1 aliphatic carbocycles. The van der Waals surface area contributed by atoms with Crippen LogP contribution in [-0.4, -0.2) is 6.71 Å². The molecule has 0 saturated carbocycles. The smallest absolute Gasteiger partial charge is 0.252 e. The van der Waals surface area contributed by atoms with Gasteiger partial charge in [-0.3, -0.25) is 0 Å². The molecule has 11 aromatic rings.